The summed E-state index contributed by atoms with van der Waals surface area (Å²) in [6.07, 6.45) is -0.724. The molecule has 1 atom stereocenters. The van der Waals surface area contributed by atoms with Crippen LogP contribution in [-0.4, -0.2) is 18.5 Å². The number of halogens is 3. The van der Waals surface area contributed by atoms with Gasteiger partial charge in [-0.2, -0.15) is 0 Å². The number of nitrogens with zero attached hydrogens (tertiary/aromatic N) is 1. The van der Waals surface area contributed by atoms with Gasteiger partial charge in [0.2, 0.25) is 5.91 Å². The Hall–Kier alpha value is -3.09. The van der Waals surface area contributed by atoms with E-state index in [1.165, 1.54) is 18.2 Å². The van der Waals surface area contributed by atoms with Crippen molar-refractivity contribution in [1.29, 1.82) is 0 Å². The Balaban J connectivity index is 2.44. The Bertz CT molecular complexity index is 919. The van der Waals surface area contributed by atoms with E-state index in [0.717, 1.165) is 34.4 Å². The molecule has 0 fully saturated rings. The van der Waals surface area contributed by atoms with E-state index in [4.69, 9.17) is 0 Å². The van der Waals surface area contributed by atoms with E-state index in [0.29, 0.717) is 5.92 Å². The first kappa shape index (κ1) is 23.2. The number of rotatable bonds is 8. The predicted molar refractivity (Wildman–Crippen MR) is 113 cm³/mol. The van der Waals surface area contributed by atoms with Crippen LogP contribution in [0.3, 0.4) is 0 Å². The average molecular weight is 418 g/mol. The van der Waals surface area contributed by atoms with Gasteiger partial charge in [-0.15, -0.1) is 13.2 Å². The summed E-state index contributed by atoms with van der Waals surface area (Å²) in [5.41, 5.74) is 3.98. The van der Waals surface area contributed by atoms with Crippen molar-refractivity contribution in [1.82, 2.24) is 5.32 Å². The zero-order valence-corrected chi connectivity index (χ0v) is 17.2. The van der Waals surface area contributed by atoms with Crippen molar-refractivity contribution in [3.63, 3.8) is 0 Å². The molecule has 0 bridgehead atoms. The fraction of sp³-hybridized carbons (Fsp3) is 0.304. The van der Waals surface area contributed by atoms with E-state index >= 15 is 0 Å². The molecule has 0 saturated heterocycles. The number of alkyl halides is 3. The lowest BCUT2D eigenvalue weighted by molar-refractivity contribution is -0.274. The third kappa shape index (κ3) is 6.76. The second-order valence-corrected chi connectivity index (χ2v) is 6.95. The van der Waals surface area contributed by atoms with Gasteiger partial charge in [0, 0.05) is 12.8 Å². The van der Waals surface area contributed by atoms with Gasteiger partial charge < -0.3 is 10.1 Å². The van der Waals surface area contributed by atoms with Crippen LogP contribution in [0.5, 0.6) is 5.75 Å². The second kappa shape index (κ2) is 10.1. The minimum absolute atomic E-state index is 0.277. The Kier molecular flexibility index (Phi) is 7.80. The fourth-order valence-corrected chi connectivity index (χ4v) is 2.70. The molecular formula is C23H25F3N2O2. The predicted octanol–water partition coefficient (Wildman–Crippen LogP) is 6.11. The highest BCUT2D eigenvalue weighted by atomic mass is 19.4. The molecule has 0 saturated carbocycles. The Morgan fingerprint density at radius 3 is 2.50 bits per heavy atom. The number of hydrogen-bond acceptors (Lipinski definition) is 3. The highest BCUT2D eigenvalue weighted by Crippen LogP contribution is 2.34. The van der Waals surface area contributed by atoms with Crippen LogP contribution in [0, 0.1) is 12.8 Å². The van der Waals surface area contributed by atoms with Crippen molar-refractivity contribution in [2.45, 2.75) is 40.1 Å². The van der Waals surface area contributed by atoms with E-state index in [9.17, 15) is 18.0 Å². The molecule has 2 aromatic rings. The third-order valence-electron chi connectivity index (χ3n) is 4.60. The zero-order chi connectivity index (χ0) is 22.3. The van der Waals surface area contributed by atoms with Gasteiger partial charge in [0.15, 0.2) is 0 Å². The number of aliphatic imine (C=N–C) groups is 1. The zero-order valence-electron chi connectivity index (χ0n) is 17.2. The molecule has 1 unspecified atom stereocenters. The SMILES string of the molecule is C=CC(=O)NCc1cc(/N=C\C(C)CC)c(C)c(-c2ccc(OC(F)(F)F)cc2)c1. The standard InChI is InChI=1S/C23H25F3N2O2/c1-5-15(3)13-27-21-12-17(14-28-22(29)6-2)11-20(16(21)4)18-7-9-19(10-8-18)30-23(24,25)26/h6-13,15H,2,5,14H2,1,3-4H3,(H,28,29)/b27-13-. The normalized spacial score (nSPS) is 12.6. The van der Waals surface area contributed by atoms with Crippen LogP contribution < -0.4 is 10.1 Å². The highest BCUT2D eigenvalue weighted by molar-refractivity contribution is 5.87. The summed E-state index contributed by atoms with van der Waals surface area (Å²) in [5, 5.41) is 2.73. The van der Waals surface area contributed by atoms with Gasteiger partial charge in [0.1, 0.15) is 5.75 Å². The van der Waals surface area contributed by atoms with Crippen LogP contribution in [-0.2, 0) is 11.3 Å². The summed E-state index contributed by atoms with van der Waals surface area (Å²) in [4.78, 5) is 16.1. The maximum Gasteiger partial charge on any atom is 0.573 e. The molecule has 30 heavy (non-hydrogen) atoms. The van der Waals surface area contributed by atoms with Gasteiger partial charge >= 0.3 is 6.36 Å². The monoisotopic (exact) mass is 418 g/mol. The Morgan fingerprint density at radius 1 is 1.27 bits per heavy atom. The minimum atomic E-state index is -4.74. The molecule has 0 spiro atoms. The van der Waals surface area contributed by atoms with E-state index in [2.05, 4.69) is 35.5 Å². The molecule has 4 nitrogen and oxygen atoms in total. The van der Waals surface area contributed by atoms with Crippen molar-refractivity contribution >= 4 is 17.8 Å². The van der Waals surface area contributed by atoms with E-state index < -0.39 is 6.36 Å². The topological polar surface area (TPSA) is 50.7 Å². The van der Waals surface area contributed by atoms with Gasteiger partial charge in [-0.25, -0.2) is 0 Å². The maximum absolute atomic E-state index is 12.4. The summed E-state index contributed by atoms with van der Waals surface area (Å²) in [7, 11) is 0. The largest absolute Gasteiger partial charge is 0.573 e. The van der Waals surface area contributed by atoms with Crippen LogP contribution in [0.15, 0.2) is 54.0 Å². The lowest BCUT2D eigenvalue weighted by Crippen LogP contribution is -2.20. The maximum atomic E-state index is 12.4. The smallest absolute Gasteiger partial charge is 0.406 e. The van der Waals surface area contributed by atoms with Gasteiger partial charge in [-0.3, -0.25) is 9.79 Å². The quantitative estimate of drug-likeness (QED) is 0.415. The first-order valence-electron chi connectivity index (χ1n) is 9.57. The Labute approximate surface area is 174 Å². The molecular weight excluding hydrogens is 393 g/mol. The molecule has 1 N–H and O–H groups in total. The van der Waals surface area contributed by atoms with Crippen molar-refractivity contribution in [3.05, 3.63) is 60.2 Å². The van der Waals surface area contributed by atoms with Crippen molar-refractivity contribution in [3.8, 4) is 16.9 Å². The molecule has 0 aromatic heterocycles. The number of amides is 1. The Morgan fingerprint density at radius 2 is 1.93 bits per heavy atom. The number of carbonyl (C=O) groups is 1. The number of carbonyl (C=O) groups excluding carboxylic acids is 1. The number of nitrogens with one attached hydrogen (secondary N) is 1. The summed E-state index contributed by atoms with van der Waals surface area (Å²) < 4.78 is 41.2. The van der Waals surface area contributed by atoms with Gasteiger partial charge in [0.25, 0.3) is 0 Å². The van der Waals surface area contributed by atoms with Crippen LogP contribution in [0.4, 0.5) is 18.9 Å². The summed E-state index contributed by atoms with van der Waals surface area (Å²) in [6.45, 7) is 9.75. The van der Waals surface area contributed by atoms with E-state index in [1.807, 2.05) is 25.3 Å². The molecule has 2 aromatic carbocycles. The molecule has 160 valence electrons. The molecule has 2 rings (SSSR count). The highest BCUT2D eigenvalue weighted by Gasteiger charge is 2.31. The summed E-state index contributed by atoms with van der Waals surface area (Å²) >= 11 is 0. The van der Waals surface area contributed by atoms with E-state index in [-0.39, 0.29) is 18.2 Å². The molecule has 0 aliphatic heterocycles. The summed E-state index contributed by atoms with van der Waals surface area (Å²) in [5.74, 6) is -0.278. The molecule has 1 amide bonds. The van der Waals surface area contributed by atoms with Crippen molar-refractivity contribution in [2.75, 3.05) is 0 Å². The lowest BCUT2D eigenvalue weighted by Gasteiger charge is -2.14. The van der Waals surface area contributed by atoms with Gasteiger partial charge in [-0.05, 0) is 71.9 Å². The van der Waals surface area contributed by atoms with Crippen LogP contribution in [0.1, 0.15) is 31.4 Å². The van der Waals surface area contributed by atoms with Gasteiger partial charge in [-0.1, -0.05) is 32.6 Å². The second-order valence-electron chi connectivity index (χ2n) is 6.95. The fourth-order valence-electron chi connectivity index (χ4n) is 2.70. The van der Waals surface area contributed by atoms with Crippen LogP contribution >= 0.6 is 0 Å². The number of hydrogen-bond donors (Lipinski definition) is 1. The molecule has 0 aliphatic carbocycles. The van der Waals surface area contributed by atoms with Crippen LogP contribution in [0.2, 0.25) is 0 Å². The third-order valence-corrected chi connectivity index (χ3v) is 4.60. The van der Waals surface area contributed by atoms with Gasteiger partial charge in [0.05, 0.1) is 5.69 Å². The first-order valence-corrected chi connectivity index (χ1v) is 9.57. The van der Waals surface area contributed by atoms with Crippen LogP contribution in [0.25, 0.3) is 11.1 Å². The first-order chi connectivity index (χ1) is 14.1. The lowest BCUT2D eigenvalue weighted by atomic mass is 9.96. The average Bonchev–Trinajstić information content (AvgIpc) is 2.70. The van der Waals surface area contributed by atoms with E-state index in [1.54, 1.807) is 12.1 Å². The molecule has 0 aliphatic rings. The number of benzene rings is 2. The molecule has 0 radical (unpaired) electrons. The molecule has 0 heterocycles. The minimum Gasteiger partial charge on any atom is -0.406 e. The van der Waals surface area contributed by atoms with Crippen molar-refractivity contribution in [2.24, 2.45) is 10.9 Å². The summed E-state index contributed by atoms with van der Waals surface area (Å²) in [6, 6.07) is 9.46. The molecule has 7 heteroatoms. The van der Waals surface area contributed by atoms with Crippen molar-refractivity contribution < 1.29 is 22.7 Å². The number of ether oxygens (including phenoxy) is 1.